The lowest BCUT2D eigenvalue weighted by molar-refractivity contribution is -0.133. The molecule has 7 nitrogen and oxygen atoms in total. The van der Waals surface area contributed by atoms with E-state index < -0.39 is 27.4 Å². The highest BCUT2D eigenvalue weighted by molar-refractivity contribution is 7.89. The van der Waals surface area contributed by atoms with Crippen LogP contribution in [-0.4, -0.2) is 48.9 Å². The fraction of sp³-hybridized carbons (Fsp3) is 0.391. The molecule has 0 unspecified atom stereocenters. The molecule has 1 heterocycles. The molecule has 8 heteroatoms. The number of nitrogens with zero attached hydrogens (tertiary/aromatic N) is 2. The van der Waals surface area contributed by atoms with Gasteiger partial charge in [-0.2, -0.15) is 4.31 Å². The number of piperazine rings is 1. The lowest BCUT2D eigenvalue weighted by Crippen LogP contribution is -2.70. The minimum Gasteiger partial charge on any atom is -0.350 e. The second kappa shape index (κ2) is 9.20. The van der Waals surface area contributed by atoms with Gasteiger partial charge in [-0.3, -0.25) is 14.5 Å². The number of aryl methyl sites for hydroxylation is 1. The zero-order chi connectivity index (χ0) is 22.6. The van der Waals surface area contributed by atoms with E-state index in [4.69, 9.17) is 0 Å². The Hall–Kier alpha value is -2.71. The minimum absolute atomic E-state index is 0.104. The van der Waals surface area contributed by atoms with Gasteiger partial charge in [-0.25, -0.2) is 8.42 Å². The molecule has 1 fully saturated rings. The number of amides is 2. The number of rotatable bonds is 7. The maximum atomic E-state index is 13.5. The van der Waals surface area contributed by atoms with E-state index in [0.717, 1.165) is 15.4 Å². The Labute approximate surface area is 184 Å². The summed E-state index contributed by atoms with van der Waals surface area (Å²) in [5, 5.41) is 2.90. The van der Waals surface area contributed by atoms with Gasteiger partial charge in [0.05, 0.1) is 12.3 Å². The summed E-state index contributed by atoms with van der Waals surface area (Å²) in [6, 6.07) is 16.9. The summed E-state index contributed by atoms with van der Waals surface area (Å²) in [7, 11) is -3.64. The molecule has 0 spiro atoms. The molecule has 0 bridgehead atoms. The normalized spacial score (nSPS) is 20.0. The lowest BCUT2D eigenvalue weighted by Gasteiger charge is -2.47. The molecule has 0 saturated carbocycles. The van der Waals surface area contributed by atoms with Crippen molar-refractivity contribution in [2.75, 3.05) is 23.7 Å². The smallest absolute Gasteiger partial charge is 0.247 e. The van der Waals surface area contributed by atoms with Crippen molar-refractivity contribution in [2.24, 2.45) is 0 Å². The van der Waals surface area contributed by atoms with Crippen molar-refractivity contribution in [3.05, 3.63) is 65.7 Å². The summed E-state index contributed by atoms with van der Waals surface area (Å²) in [4.78, 5) is 28.2. The number of para-hydroxylation sites is 1. The van der Waals surface area contributed by atoms with E-state index in [0.29, 0.717) is 12.1 Å². The Morgan fingerprint density at radius 2 is 1.71 bits per heavy atom. The molecular formula is C23H29N3O4S. The molecule has 1 atom stereocenters. The largest absolute Gasteiger partial charge is 0.350 e. The van der Waals surface area contributed by atoms with E-state index in [1.807, 2.05) is 61.5 Å². The van der Waals surface area contributed by atoms with E-state index >= 15 is 0 Å². The van der Waals surface area contributed by atoms with Crippen LogP contribution in [-0.2, 0) is 32.6 Å². The second-order valence-corrected chi connectivity index (χ2v) is 10.1. The first-order valence-electron chi connectivity index (χ1n) is 10.4. The molecule has 1 N–H and O–H groups in total. The van der Waals surface area contributed by atoms with Gasteiger partial charge < -0.3 is 5.32 Å². The predicted molar refractivity (Wildman–Crippen MR) is 121 cm³/mol. The van der Waals surface area contributed by atoms with E-state index in [2.05, 4.69) is 5.32 Å². The van der Waals surface area contributed by atoms with E-state index in [9.17, 15) is 18.0 Å². The van der Waals surface area contributed by atoms with E-state index in [1.54, 1.807) is 6.92 Å². The molecule has 0 aromatic heterocycles. The molecule has 166 valence electrons. The summed E-state index contributed by atoms with van der Waals surface area (Å²) in [6.07, 6.45) is 0.679. The second-order valence-electron chi connectivity index (χ2n) is 7.82. The van der Waals surface area contributed by atoms with Crippen molar-refractivity contribution in [3.8, 4) is 0 Å². The number of carbonyl (C=O) groups excluding carboxylic acids is 2. The van der Waals surface area contributed by atoms with Gasteiger partial charge in [0.1, 0.15) is 5.54 Å². The van der Waals surface area contributed by atoms with Crippen molar-refractivity contribution in [2.45, 2.75) is 39.3 Å². The summed E-state index contributed by atoms with van der Waals surface area (Å²) >= 11 is 0. The van der Waals surface area contributed by atoms with Crippen LogP contribution in [0, 0.1) is 0 Å². The first-order chi connectivity index (χ1) is 14.7. The van der Waals surface area contributed by atoms with Crippen LogP contribution in [0.2, 0.25) is 0 Å². The minimum atomic E-state index is -3.64. The number of hydrogen-bond acceptors (Lipinski definition) is 4. The van der Waals surface area contributed by atoms with Crippen LogP contribution in [0.5, 0.6) is 0 Å². The van der Waals surface area contributed by atoms with Gasteiger partial charge >= 0.3 is 0 Å². The van der Waals surface area contributed by atoms with Crippen molar-refractivity contribution < 1.29 is 18.0 Å². The molecule has 2 aromatic carbocycles. The van der Waals surface area contributed by atoms with Crippen molar-refractivity contribution in [1.82, 2.24) is 9.62 Å². The maximum absolute atomic E-state index is 13.5. The molecule has 3 rings (SSSR count). The Morgan fingerprint density at radius 3 is 2.35 bits per heavy atom. The Balaban J connectivity index is 2.01. The molecular weight excluding hydrogens is 414 g/mol. The van der Waals surface area contributed by atoms with Crippen molar-refractivity contribution >= 4 is 27.5 Å². The van der Waals surface area contributed by atoms with Crippen molar-refractivity contribution in [1.29, 1.82) is 0 Å². The average molecular weight is 444 g/mol. The summed E-state index contributed by atoms with van der Waals surface area (Å²) in [5.41, 5.74) is 1.09. The molecule has 1 saturated heterocycles. The highest BCUT2D eigenvalue weighted by atomic mass is 32.2. The van der Waals surface area contributed by atoms with Crippen LogP contribution in [0.4, 0.5) is 5.69 Å². The first-order valence-corrected chi connectivity index (χ1v) is 12.0. The van der Waals surface area contributed by atoms with Gasteiger partial charge in [-0.05, 0) is 37.5 Å². The molecule has 1 aliphatic rings. The lowest BCUT2D eigenvalue weighted by atomic mass is 9.93. The number of anilines is 1. The van der Waals surface area contributed by atoms with Gasteiger partial charge in [0.2, 0.25) is 21.8 Å². The molecule has 31 heavy (non-hydrogen) atoms. The quantitative estimate of drug-likeness (QED) is 0.712. The predicted octanol–water partition coefficient (Wildman–Crippen LogP) is 2.32. The van der Waals surface area contributed by atoms with Crippen LogP contribution >= 0.6 is 0 Å². The van der Waals surface area contributed by atoms with Gasteiger partial charge in [0, 0.05) is 18.8 Å². The topological polar surface area (TPSA) is 86.8 Å². The van der Waals surface area contributed by atoms with E-state index in [1.165, 1.54) is 11.8 Å². The maximum Gasteiger partial charge on any atom is 0.247 e. The van der Waals surface area contributed by atoms with E-state index in [-0.39, 0.29) is 25.4 Å². The Bertz CT molecular complexity index is 1060. The van der Waals surface area contributed by atoms with Crippen LogP contribution in [0.1, 0.15) is 31.9 Å². The van der Waals surface area contributed by atoms with Crippen LogP contribution in [0.25, 0.3) is 0 Å². The third kappa shape index (κ3) is 4.65. The highest BCUT2D eigenvalue weighted by Crippen LogP contribution is 2.33. The zero-order valence-corrected chi connectivity index (χ0v) is 19.0. The fourth-order valence-corrected chi connectivity index (χ4v) is 5.04. The standard InChI is InChI=1S/C23H29N3O4S/c1-4-19-13-9-10-14-20(19)26-21(27)16-25(31(29,30)5-2)17-23(26,3)22(28)24-15-18-11-7-6-8-12-18/h6-14H,4-5,15-17H2,1-3H3,(H,24,28)/t23-/m1/s1. The van der Waals surface area contributed by atoms with Gasteiger partial charge in [-0.15, -0.1) is 0 Å². The van der Waals surface area contributed by atoms with Crippen LogP contribution in [0.15, 0.2) is 54.6 Å². The number of hydrogen-bond donors (Lipinski definition) is 1. The first kappa shape index (κ1) is 23.0. The summed E-state index contributed by atoms with van der Waals surface area (Å²) in [5.74, 6) is -0.943. The van der Waals surface area contributed by atoms with Crippen LogP contribution < -0.4 is 10.2 Å². The van der Waals surface area contributed by atoms with Crippen LogP contribution in [0.3, 0.4) is 0 Å². The molecule has 1 aliphatic heterocycles. The Kier molecular flexibility index (Phi) is 6.81. The van der Waals surface area contributed by atoms with Crippen molar-refractivity contribution in [3.63, 3.8) is 0 Å². The number of nitrogens with one attached hydrogen (secondary N) is 1. The van der Waals surface area contributed by atoms with Gasteiger partial charge in [0.25, 0.3) is 0 Å². The molecule has 0 aliphatic carbocycles. The third-order valence-corrected chi connectivity index (χ3v) is 7.47. The average Bonchev–Trinajstić information content (AvgIpc) is 2.77. The molecule has 2 amide bonds. The molecule has 2 aromatic rings. The fourth-order valence-electron chi connectivity index (χ4n) is 3.92. The van der Waals surface area contributed by atoms with Gasteiger partial charge in [0.15, 0.2) is 0 Å². The van der Waals surface area contributed by atoms with Gasteiger partial charge in [-0.1, -0.05) is 55.5 Å². The molecule has 0 radical (unpaired) electrons. The highest BCUT2D eigenvalue weighted by Gasteiger charge is 2.50. The summed E-state index contributed by atoms with van der Waals surface area (Å²) < 4.78 is 26.3. The number of sulfonamides is 1. The SMILES string of the molecule is CCc1ccccc1N1C(=O)CN(S(=O)(=O)CC)C[C@]1(C)C(=O)NCc1ccccc1. The number of carbonyl (C=O) groups is 2. The zero-order valence-electron chi connectivity index (χ0n) is 18.2. The Morgan fingerprint density at radius 1 is 1.06 bits per heavy atom. The summed E-state index contributed by atoms with van der Waals surface area (Å²) in [6.45, 7) is 5.05. The number of benzene rings is 2. The third-order valence-electron chi connectivity index (χ3n) is 5.70. The monoisotopic (exact) mass is 443 g/mol.